The number of carbonyl (C=O) groups excluding carboxylic acids is 1. The number of anilines is 1. The lowest BCUT2D eigenvalue weighted by molar-refractivity contribution is -0.119. The number of hydrogen-bond donors (Lipinski definition) is 1. The molecule has 1 aromatic rings. The normalized spacial score (nSPS) is 24.8. The van der Waals surface area contributed by atoms with E-state index >= 15 is 0 Å². The zero-order chi connectivity index (χ0) is 14.1. The molecule has 3 rings (SSSR count). The zero-order valence-corrected chi connectivity index (χ0v) is 12.0. The van der Waals surface area contributed by atoms with Gasteiger partial charge >= 0.3 is 0 Å². The van der Waals surface area contributed by atoms with Crippen molar-refractivity contribution in [3.63, 3.8) is 0 Å². The second kappa shape index (κ2) is 5.44. The molecule has 0 bridgehead atoms. The minimum atomic E-state index is 0.205. The fraction of sp³-hybridized carbons (Fsp3) is 0.562. The number of nitrogens with zero attached hydrogens (tertiary/aromatic N) is 1. The summed E-state index contributed by atoms with van der Waals surface area (Å²) in [6.07, 6.45) is 4.82. The molecule has 0 saturated heterocycles. The Hall–Kier alpha value is -1.55. The highest BCUT2D eigenvalue weighted by atomic mass is 16.5. The second-order valence-electron chi connectivity index (χ2n) is 5.85. The van der Waals surface area contributed by atoms with E-state index in [1.54, 1.807) is 7.11 Å². The molecule has 1 aliphatic heterocycles. The van der Waals surface area contributed by atoms with E-state index < -0.39 is 0 Å². The van der Waals surface area contributed by atoms with Gasteiger partial charge < -0.3 is 15.4 Å². The van der Waals surface area contributed by atoms with E-state index in [9.17, 15) is 4.79 Å². The maximum Gasteiger partial charge on any atom is 0.227 e. The summed E-state index contributed by atoms with van der Waals surface area (Å²) >= 11 is 0. The number of carbonyl (C=O) groups is 1. The highest BCUT2D eigenvalue weighted by Crippen LogP contribution is 2.33. The summed E-state index contributed by atoms with van der Waals surface area (Å²) in [5.41, 5.74) is 8.32. The van der Waals surface area contributed by atoms with Gasteiger partial charge in [-0.1, -0.05) is 6.42 Å². The van der Waals surface area contributed by atoms with Gasteiger partial charge in [-0.25, -0.2) is 0 Å². The number of amides is 1. The summed E-state index contributed by atoms with van der Waals surface area (Å²) in [5, 5.41) is 0. The van der Waals surface area contributed by atoms with Gasteiger partial charge in [0.05, 0.1) is 7.11 Å². The minimum absolute atomic E-state index is 0.205. The van der Waals surface area contributed by atoms with E-state index in [2.05, 4.69) is 0 Å². The number of nitrogens with two attached hydrogens (primary N) is 1. The van der Waals surface area contributed by atoms with Crippen molar-refractivity contribution in [2.75, 3.05) is 18.6 Å². The van der Waals surface area contributed by atoms with Gasteiger partial charge in [0.15, 0.2) is 0 Å². The number of methoxy groups -OCH3 is 1. The first-order valence-electron chi connectivity index (χ1n) is 7.42. The maximum absolute atomic E-state index is 12.5. The fourth-order valence-corrected chi connectivity index (χ4v) is 3.42. The Morgan fingerprint density at radius 2 is 2.30 bits per heavy atom. The van der Waals surface area contributed by atoms with Crippen molar-refractivity contribution in [1.82, 2.24) is 0 Å². The van der Waals surface area contributed by atoms with Crippen molar-refractivity contribution in [3.8, 4) is 5.75 Å². The minimum Gasteiger partial charge on any atom is -0.497 e. The standard InChI is InChI=1S/C16H22N2O2/c1-20-13-5-6-15-12(9-13)7-8-18(15)16(19)10-11-3-2-4-14(11)17/h5-6,9,11,14H,2-4,7-8,10,17H2,1H3/t11-,14+/m0/s1. The Morgan fingerprint density at radius 1 is 1.45 bits per heavy atom. The lowest BCUT2D eigenvalue weighted by Crippen LogP contribution is -2.34. The molecule has 0 unspecified atom stereocenters. The summed E-state index contributed by atoms with van der Waals surface area (Å²) in [6.45, 7) is 0.781. The van der Waals surface area contributed by atoms with Crippen molar-refractivity contribution in [2.45, 2.75) is 38.1 Å². The smallest absolute Gasteiger partial charge is 0.227 e. The van der Waals surface area contributed by atoms with Crippen LogP contribution in [0, 0.1) is 5.92 Å². The Morgan fingerprint density at radius 3 is 3.00 bits per heavy atom. The quantitative estimate of drug-likeness (QED) is 0.918. The molecular formula is C16H22N2O2. The van der Waals surface area contributed by atoms with E-state index in [1.807, 2.05) is 23.1 Å². The molecule has 4 heteroatoms. The Kier molecular flexibility index (Phi) is 3.66. The Bertz CT molecular complexity index is 515. The third-order valence-electron chi connectivity index (χ3n) is 4.64. The topological polar surface area (TPSA) is 55.6 Å². The van der Waals surface area contributed by atoms with Crippen molar-refractivity contribution in [1.29, 1.82) is 0 Å². The summed E-state index contributed by atoms with van der Waals surface area (Å²) in [6, 6.07) is 6.15. The predicted octanol–water partition coefficient (Wildman–Crippen LogP) is 2.10. The van der Waals surface area contributed by atoms with E-state index in [0.29, 0.717) is 12.3 Å². The van der Waals surface area contributed by atoms with Crippen LogP contribution in [-0.4, -0.2) is 25.6 Å². The molecule has 1 fully saturated rings. The van der Waals surface area contributed by atoms with Gasteiger partial charge in [-0.3, -0.25) is 4.79 Å². The second-order valence-corrected chi connectivity index (χ2v) is 5.85. The molecule has 0 spiro atoms. The molecule has 2 atom stereocenters. The number of ether oxygens (including phenoxy) is 1. The number of hydrogen-bond acceptors (Lipinski definition) is 3. The van der Waals surface area contributed by atoms with Gasteiger partial charge in [-0.05, 0) is 48.9 Å². The maximum atomic E-state index is 12.5. The van der Waals surface area contributed by atoms with Crippen molar-refractivity contribution < 1.29 is 9.53 Å². The van der Waals surface area contributed by atoms with Crippen LogP contribution in [0.4, 0.5) is 5.69 Å². The highest BCUT2D eigenvalue weighted by Gasteiger charge is 2.30. The lowest BCUT2D eigenvalue weighted by atomic mass is 9.99. The van der Waals surface area contributed by atoms with Gasteiger partial charge in [0.1, 0.15) is 5.75 Å². The van der Waals surface area contributed by atoms with Gasteiger partial charge in [0.2, 0.25) is 5.91 Å². The molecule has 1 amide bonds. The molecule has 0 aromatic heterocycles. The summed E-state index contributed by atoms with van der Waals surface area (Å²) in [5.74, 6) is 1.44. The zero-order valence-electron chi connectivity index (χ0n) is 12.0. The van der Waals surface area contributed by atoms with Gasteiger partial charge in [0.25, 0.3) is 0 Å². The van der Waals surface area contributed by atoms with Crippen LogP contribution in [0.3, 0.4) is 0 Å². The van der Waals surface area contributed by atoms with E-state index in [-0.39, 0.29) is 11.9 Å². The molecular weight excluding hydrogens is 252 g/mol. The lowest BCUT2D eigenvalue weighted by Gasteiger charge is -2.21. The summed E-state index contributed by atoms with van der Waals surface area (Å²) in [4.78, 5) is 14.4. The third-order valence-corrected chi connectivity index (χ3v) is 4.64. The molecule has 1 saturated carbocycles. The first kappa shape index (κ1) is 13.4. The number of rotatable bonds is 3. The van der Waals surface area contributed by atoms with Crippen LogP contribution in [-0.2, 0) is 11.2 Å². The molecule has 1 aromatic carbocycles. The van der Waals surface area contributed by atoms with E-state index in [0.717, 1.165) is 43.7 Å². The van der Waals surface area contributed by atoms with Crippen LogP contribution in [0.15, 0.2) is 18.2 Å². The molecule has 108 valence electrons. The van der Waals surface area contributed by atoms with Crippen molar-refractivity contribution in [3.05, 3.63) is 23.8 Å². The third kappa shape index (κ3) is 2.40. The SMILES string of the molecule is COc1ccc2c(c1)CCN2C(=O)C[C@@H]1CCC[C@H]1N. The van der Waals surface area contributed by atoms with Crippen LogP contribution >= 0.6 is 0 Å². The largest absolute Gasteiger partial charge is 0.497 e. The molecule has 20 heavy (non-hydrogen) atoms. The molecule has 0 radical (unpaired) electrons. The molecule has 2 aliphatic rings. The fourth-order valence-electron chi connectivity index (χ4n) is 3.42. The van der Waals surface area contributed by atoms with Crippen molar-refractivity contribution in [2.24, 2.45) is 11.7 Å². The van der Waals surface area contributed by atoms with Crippen molar-refractivity contribution >= 4 is 11.6 Å². The number of benzene rings is 1. The molecule has 1 aliphatic carbocycles. The van der Waals surface area contributed by atoms with E-state index in [4.69, 9.17) is 10.5 Å². The molecule has 2 N–H and O–H groups in total. The van der Waals surface area contributed by atoms with Gasteiger partial charge in [-0.2, -0.15) is 0 Å². The highest BCUT2D eigenvalue weighted by molar-refractivity contribution is 5.95. The van der Waals surface area contributed by atoms with Crippen LogP contribution < -0.4 is 15.4 Å². The van der Waals surface area contributed by atoms with Gasteiger partial charge in [0, 0.05) is 24.7 Å². The average Bonchev–Trinajstić information content (AvgIpc) is 3.04. The summed E-state index contributed by atoms with van der Waals surface area (Å²) < 4.78 is 5.24. The Balaban J connectivity index is 1.72. The monoisotopic (exact) mass is 274 g/mol. The first-order chi connectivity index (χ1) is 9.69. The van der Waals surface area contributed by atoms with Crippen LogP contribution in [0.5, 0.6) is 5.75 Å². The molecule has 1 heterocycles. The van der Waals surface area contributed by atoms with Crippen LogP contribution in [0.2, 0.25) is 0 Å². The molecule has 4 nitrogen and oxygen atoms in total. The van der Waals surface area contributed by atoms with E-state index in [1.165, 1.54) is 5.56 Å². The predicted molar refractivity (Wildman–Crippen MR) is 79.0 cm³/mol. The first-order valence-corrected chi connectivity index (χ1v) is 7.42. The summed E-state index contributed by atoms with van der Waals surface area (Å²) in [7, 11) is 1.67. The van der Waals surface area contributed by atoms with Crippen LogP contribution in [0.25, 0.3) is 0 Å². The number of fused-ring (bicyclic) bond motifs is 1. The van der Waals surface area contributed by atoms with Crippen LogP contribution in [0.1, 0.15) is 31.2 Å². The van der Waals surface area contributed by atoms with Gasteiger partial charge in [-0.15, -0.1) is 0 Å². The Labute approximate surface area is 119 Å². The average molecular weight is 274 g/mol.